The number of aliphatic hydroxyl groups is 1. The van der Waals surface area contributed by atoms with Crippen LogP contribution in [0.15, 0.2) is 66.6 Å². The van der Waals surface area contributed by atoms with E-state index in [1.807, 2.05) is 56.3 Å². The molecule has 1 aliphatic heterocycles. The van der Waals surface area contributed by atoms with E-state index in [-0.39, 0.29) is 11.3 Å². The van der Waals surface area contributed by atoms with Gasteiger partial charge in [-0.25, -0.2) is 4.68 Å². The molecule has 4 rings (SSSR count). The summed E-state index contributed by atoms with van der Waals surface area (Å²) in [4.78, 5) is 33.6. The van der Waals surface area contributed by atoms with Gasteiger partial charge in [-0.3, -0.25) is 14.6 Å². The number of pyridine rings is 1. The summed E-state index contributed by atoms with van der Waals surface area (Å²) in [6, 6.07) is 12.3. The summed E-state index contributed by atoms with van der Waals surface area (Å²) in [5.74, 6) is -1.57. The third kappa shape index (κ3) is 3.80. The standard InChI is InChI=1S/C24H25N5O3/c1-16-19(15-26-29(16)18-9-5-4-6-10-18)22(30)20-21(17-8-7-11-25-14-17)28(13-12-27(2)3)24(32)23(20)31/h4-11,14-15,21,30H,12-13H2,1-3H3/b22-20+/t21-/m1/s1. The zero-order valence-electron chi connectivity index (χ0n) is 18.3. The van der Waals surface area contributed by atoms with Crippen LogP contribution in [0.5, 0.6) is 0 Å². The van der Waals surface area contributed by atoms with Crippen molar-refractivity contribution in [2.75, 3.05) is 27.2 Å². The summed E-state index contributed by atoms with van der Waals surface area (Å²) in [5, 5.41) is 15.7. The SMILES string of the molecule is Cc1c(/C(O)=C2\C(=O)C(=O)N(CCN(C)C)[C@@H]2c2cccnc2)cnn1-c1ccccc1. The van der Waals surface area contributed by atoms with E-state index in [9.17, 15) is 14.7 Å². The van der Waals surface area contributed by atoms with E-state index in [1.165, 1.54) is 11.1 Å². The number of hydrogen-bond acceptors (Lipinski definition) is 6. The summed E-state index contributed by atoms with van der Waals surface area (Å²) >= 11 is 0. The summed E-state index contributed by atoms with van der Waals surface area (Å²) in [6.07, 6.45) is 4.77. The van der Waals surface area contributed by atoms with Gasteiger partial charge in [0.25, 0.3) is 11.7 Å². The zero-order valence-corrected chi connectivity index (χ0v) is 18.3. The van der Waals surface area contributed by atoms with Crippen LogP contribution in [-0.2, 0) is 9.59 Å². The smallest absolute Gasteiger partial charge is 0.295 e. The van der Waals surface area contributed by atoms with E-state index in [1.54, 1.807) is 29.2 Å². The van der Waals surface area contributed by atoms with Gasteiger partial charge in [-0.2, -0.15) is 5.10 Å². The van der Waals surface area contributed by atoms with E-state index in [4.69, 9.17) is 0 Å². The predicted molar refractivity (Wildman–Crippen MR) is 120 cm³/mol. The van der Waals surface area contributed by atoms with E-state index in [2.05, 4.69) is 10.1 Å². The molecule has 1 amide bonds. The number of benzene rings is 1. The second-order valence-corrected chi connectivity index (χ2v) is 7.97. The van der Waals surface area contributed by atoms with Crippen LogP contribution in [0.2, 0.25) is 0 Å². The summed E-state index contributed by atoms with van der Waals surface area (Å²) in [6.45, 7) is 2.74. The minimum absolute atomic E-state index is 0.0532. The molecule has 164 valence electrons. The number of carbonyl (C=O) groups excluding carboxylic acids is 2. The van der Waals surface area contributed by atoms with Crippen LogP contribution in [0, 0.1) is 6.92 Å². The van der Waals surface area contributed by atoms with Crippen molar-refractivity contribution in [3.8, 4) is 5.69 Å². The van der Waals surface area contributed by atoms with Crippen LogP contribution in [-0.4, -0.2) is 68.5 Å². The number of para-hydroxylation sites is 1. The second-order valence-electron chi connectivity index (χ2n) is 7.97. The van der Waals surface area contributed by atoms with Gasteiger partial charge in [-0.05, 0) is 44.8 Å². The quantitative estimate of drug-likeness (QED) is 0.366. The van der Waals surface area contributed by atoms with Gasteiger partial charge in [0.05, 0.1) is 34.8 Å². The molecule has 1 aromatic carbocycles. The Morgan fingerprint density at radius 2 is 1.84 bits per heavy atom. The number of likely N-dealkylation sites (tertiary alicyclic amines) is 1. The number of aromatic nitrogens is 3. The Hall–Kier alpha value is -3.78. The first-order valence-electron chi connectivity index (χ1n) is 10.3. The Balaban J connectivity index is 1.83. The van der Waals surface area contributed by atoms with Crippen molar-refractivity contribution >= 4 is 17.4 Å². The van der Waals surface area contributed by atoms with Crippen LogP contribution in [0.25, 0.3) is 11.4 Å². The van der Waals surface area contributed by atoms with Crippen molar-refractivity contribution < 1.29 is 14.7 Å². The van der Waals surface area contributed by atoms with Crippen molar-refractivity contribution in [3.63, 3.8) is 0 Å². The number of ketones is 1. The van der Waals surface area contributed by atoms with Crippen LogP contribution in [0.4, 0.5) is 0 Å². The van der Waals surface area contributed by atoms with E-state index in [0.29, 0.717) is 29.9 Å². The van der Waals surface area contributed by atoms with Gasteiger partial charge in [0.2, 0.25) is 0 Å². The Morgan fingerprint density at radius 1 is 1.09 bits per heavy atom. The fourth-order valence-electron chi connectivity index (χ4n) is 3.92. The highest BCUT2D eigenvalue weighted by molar-refractivity contribution is 6.46. The molecule has 32 heavy (non-hydrogen) atoms. The lowest BCUT2D eigenvalue weighted by Gasteiger charge is -2.26. The Labute approximate surface area is 186 Å². The maximum atomic E-state index is 13.1. The average molecular weight is 431 g/mol. The summed E-state index contributed by atoms with van der Waals surface area (Å²) in [5.41, 5.74) is 2.63. The normalized spacial score (nSPS) is 18.0. The first kappa shape index (κ1) is 21.5. The van der Waals surface area contributed by atoms with Gasteiger partial charge in [0, 0.05) is 25.5 Å². The zero-order chi connectivity index (χ0) is 22.8. The molecule has 0 aliphatic carbocycles. The number of amides is 1. The number of hydrogen-bond donors (Lipinski definition) is 1. The van der Waals surface area contributed by atoms with E-state index >= 15 is 0 Å². The van der Waals surface area contributed by atoms with Crippen LogP contribution < -0.4 is 0 Å². The summed E-state index contributed by atoms with van der Waals surface area (Å²) in [7, 11) is 3.80. The van der Waals surface area contributed by atoms with Crippen LogP contribution in [0.1, 0.15) is 22.9 Å². The molecule has 2 aromatic heterocycles. The summed E-state index contributed by atoms with van der Waals surface area (Å²) < 4.78 is 1.69. The Bertz CT molecular complexity index is 1170. The molecule has 0 unspecified atom stereocenters. The van der Waals surface area contributed by atoms with Crippen molar-refractivity contribution in [2.24, 2.45) is 0 Å². The highest BCUT2D eigenvalue weighted by atomic mass is 16.3. The fraction of sp³-hybridized carbons (Fsp3) is 0.250. The second kappa shape index (κ2) is 8.76. The van der Waals surface area contributed by atoms with Crippen molar-refractivity contribution in [1.29, 1.82) is 0 Å². The molecule has 1 fully saturated rings. The minimum Gasteiger partial charge on any atom is -0.507 e. The Morgan fingerprint density at radius 3 is 2.50 bits per heavy atom. The number of carbonyl (C=O) groups is 2. The topological polar surface area (TPSA) is 91.6 Å². The number of Topliss-reactive ketones (excluding diaryl/α,β-unsaturated/α-hetero) is 1. The number of likely N-dealkylation sites (N-methyl/N-ethyl adjacent to an activating group) is 1. The minimum atomic E-state index is -0.719. The molecule has 1 N–H and O–H groups in total. The predicted octanol–water partition coefficient (Wildman–Crippen LogP) is 2.56. The monoisotopic (exact) mass is 431 g/mol. The largest absolute Gasteiger partial charge is 0.507 e. The highest BCUT2D eigenvalue weighted by Gasteiger charge is 2.46. The molecule has 0 bridgehead atoms. The van der Waals surface area contributed by atoms with Crippen molar-refractivity contribution in [3.05, 3.63) is 83.4 Å². The molecule has 1 atom stereocenters. The molecule has 0 radical (unpaired) electrons. The molecule has 3 heterocycles. The first-order chi connectivity index (χ1) is 15.4. The van der Waals surface area contributed by atoms with Crippen molar-refractivity contribution in [1.82, 2.24) is 24.6 Å². The fourth-order valence-corrected chi connectivity index (χ4v) is 3.92. The lowest BCUT2D eigenvalue weighted by molar-refractivity contribution is -0.140. The molecular formula is C24H25N5O3. The molecule has 3 aromatic rings. The molecule has 0 spiro atoms. The van der Waals surface area contributed by atoms with Gasteiger partial charge in [-0.15, -0.1) is 0 Å². The average Bonchev–Trinajstić information content (AvgIpc) is 3.30. The van der Waals surface area contributed by atoms with E-state index < -0.39 is 17.7 Å². The van der Waals surface area contributed by atoms with Crippen molar-refractivity contribution in [2.45, 2.75) is 13.0 Å². The van der Waals surface area contributed by atoms with Gasteiger partial charge in [0.1, 0.15) is 5.76 Å². The first-order valence-corrected chi connectivity index (χ1v) is 10.3. The lowest BCUT2D eigenvalue weighted by Crippen LogP contribution is -2.35. The number of rotatable bonds is 6. The third-order valence-electron chi connectivity index (χ3n) is 5.59. The number of aliphatic hydroxyl groups excluding tert-OH is 1. The molecule has 8 nitrogen and oxygen atoms in total. The molecule has 0 saturated carbocycles. The molecule has 1 aliphatic rings. The molecule has 8 heteroatoms. The van der Waals surface area contributed by atoms with Gasteiger partial charge in [0.15, 0.2) is 0 Å². The van der Waals surface area contributed by atoms with Gasteiger partial charge < -0.3 is 14.9 Å². The number of nitrogens with zero attached hydrogens (tertiary/aromatic N) is 5. The van der Waals surface area contributed by atoms with E-state index in [0.717, 1.165) is 5.69 Å². The lowest BCUT2D eigenvalue weighted by atomic mass is 9.96. The highest BCUT2D eigenvalue weighted by Crippen LogP contribution is 2.39. The van der Waals surface area contributed by atoms with Gasteiger partial charge >= 0.3 is 0 Å². The third-order valence-corrected chi connectivity index (χ3v) is 5.59. The Kier molecular flexibility index (Phi) is 5.87. The maximum absolute atomic E-state index is 13.1. The molecule has 1 saturated heterocycles. The maximum Gasteiger partial charge on any atom is 0.295 e. The van der Waals surface area contributed by atoms with Crippen LogP contribution in [0.3, 0.4) is 0 Å². The van der Waals surface area contributed by atoms with Gasteiger partial charge in [-0.1, -0.05) is 24.3 Å². The van der Waals surface area contributed by atoms with Crippen LogP contribution >= 0.6 is 0 Å². The molecular weight excluding hydrogens is 406 g/mol.